The Morgan fingerprint density at radius 3 is 1.86 bits per heavy atom. The number of nitrogens with zero attached hydrogens (tertiary/aromatic N) is 1. The van der Waals surface area contributed by atoms with Crippen molar-refractivity contribution in [1.82, 2.24) is 10.2 Å². The van der Waals surface area contributed by atoms with Crippen LogP contribution < -0.4 is 24.8 Å². The minimum atomic E-state index is -4.31. The van der Waals surface area contributed by atoms with Crippen LogP contribution in [0.25, 0.3) is 0 Å². The fraction of sp³-hybridized carbons (Fsp3) is 0.132. The van der Waals surface area contributed by atoms with E-state index >= 15 is 4.57 Å². The van der Waals surface area contributed by atoms with E-state index in [4.69, 9.17) is 24.9 Å². The van der Waals surface area contributed by atoms with Gasteiger partial charge in [-0.2, -0.15) is 0 Å². The molecule has 0 spiro atoms. The summed E-state index contributed by atoms with van der Waals surface area (Å²) in [5.41, 5.74) is 6.91. The molecule has 0 aromatic heterocycles. The molecule has 248 valence electrons. The summed E-state index contributed by atoms with van der Waals surface area (Å²) in [5.74, 6) is -0.625. The number of nitrogens with two attached hydrogens (primary N) is 1. The van der Waals surface area contributed by atoms with E-state index in [1.165, 1.54) is 4.90 Å². The smallest absolute Gasteiger partial charge is 0.457 e. The van der Waals surface area contributed by atoms with Crippen molar-refractivity contribution in [3.8, 4) is 23.0 Å². The highest BCUT2D eigenvalue weighted by atomic mass is 31.2. The van der Waals surface area contributed by atoms with Gasteiger partial charge in [-0.15, -0.1) is 0 Å². The lowest BCUT2D eigenvalue weighted by atomic mass is 10.1. The van der Waals surface area contributed by atoms with Crippen LogP contribution in [0.1, 0.15) is 40.1 Å². The number of hydrogen-bond donors (Lipinski definition) is 3. The van der Waals surface area contributed by atoms with Gasteiger partial charge < -0.3 is 29.7 Å². The molecule has 5 aromatic rings. The molecule has 5 aromatic carbocycles. The van der Waals surface area contributed by atoms with E-state index in [0.717, 1.165) is 0 Å². The first-order chi connectivity index (χ1) is 23.8. The Labute approximate surface area is 284 Å². The molecule has 1 aliphatic rings. The quantitative estimate of drug-likeness (QED) is 0.0705. The van der Waals surface area contributed by atoms with Gasteiger partial charge in [-0.25, -0.2) is 4.57 Å². The highest BCUT2D eigenvalue weighted by molar-refractivity contribution is 7.55. The first-order valence-electron chi connectivity index (χ1n) is 15.8. The van der Waals surface area contributed by atoms with Crippen LogP contribution in [0.5, 0.6) is 23.0 Å². The molecule has 1 aliphatic heterocycles. The maximum Gasteiger partial charge on any atom is 0.457 e. The van der Waals surface area contributed by atoms with Crippen LogP contribution in [0.2, 0.25) is 0 Å². The summed E-state index contributed by atoms with van der Waals surface area (Å²) in [7, 11) is -4.31. The Kier molecular flexibility index (Phi) is 10.1. The monoisotopic (exact) mass is 674 g/mol. The number of hydrogen-bond acceptors (Lipinski definition) is 7. The van der Waals surface area contributed by atoms with E-state index in [2.05, 4.69) is 5.32 Å². The largest absolute Gasteiger partial charge is 0.457 e. The van der Waals surface area contributed by atoms with E-state index in [9.17, 15) is 9.59 Å². The number of rotatable bonds is 12. The van der Waals surface area contributed by atoms with Gasteiger partial charge in [0.15, 0.2) is 5.78 Å². The molecule has 1 heterocycles. The number of likely N-dealkylation sites (tertiary alicyclic amines) is 1. The van der Waals surface area contributed by atoms with Crippen molar-refractivity contribution < 1.29 is 27.9 Å². The molecule has 0 saturated carbocycles. The molecule has 1 saturated heterocycles. The van der Waals surface area contributed by atoms with Gasteiger partial charge in [0.2, 0.25) is 5.91 Å². The fourth-order valence-electron chi connectivity index (χ4n) is 5.57. The number of carbonyl (C=O) groups is 2. The molecule has 2 atom stereocenters. The highest BCUT2D eigenvalue weighted by Crippen LogP contribution is 2.59. The van der Waals surface area contributed by atoms with Gasteiger partial charge in [0.1, 0.15) is 34.9 Å². The first-order valence-corrected chi connectivity index (χ1v) is 17.4. The van der Waals surface area contributed by atoms with Crippen LogP contribution in [0, 0.1) is 5.41 Å². The van der Waals surface area contributed by atoms with Gasteiger partial charge in [0, 0.05) is 17.7 Å². The zero-order chi connectivity index (χ0) is 34.2. The number of ether oxygens (including phenoxy) is 1. The Bertz CT molecular complexity index is 1910. The molecule has 6 rings (SSSR count). The molecular weight excluding hydrogens is 639 g/mol. The summed E-state index contributed by atoms with van der Waals surface area (Å²) in [4.78, 5) is 29.6. The van der Waals surface area contributed by atoms with Crippen molar-refractivity contribution in [2.45, 2.75) is 24.7 Å². The SMILES string of the molecule is N=C(N)c1ccc(C(NC(=O)[C@@H]2CCCN2C(=O)c2cccc(Oc3ccccc3)c2)P(=O)(Oc2ccccc2)Oc2ccccc2)cc1. The molecule has 1 fully saturated rings. The normalized spacial score (nSPS) is 14.8. The molecular formula is C38H35N4O6P. The van der Waals surface area contributed by atoms with Crippen LogP contribution >= 0.6 is 7.60 Å². The van der Waals surface area contributed by atoms with Crippen molar-refractivity contribution in [2.75, 3.05) is 6.54 Å². The molecule has 1 unspecified atom stereocenters. The number of nitrogen functional groups attached to an aromatic ring is 1. The average Bonchev–Trinajstić information content (AvgIpc) is 3.62. The van der Waals surface area contributed by atoms with Crippen molar-refractivity contribution in [1.29, 1.82) is 5.41 Å². The van der Waals surface area contributed by atoms with E-state index in [0.29, 0.717) is 47.6 Å². The van der Waals surface area contributed by atoms with Crippen LogP contribution in [0.4, 0.5) is 0 Å². The summed E-state index contributed by atoms with van der Waals surface area (Å²) in [6.45, 7) is 0.358. The van der Waals surface area contributed by atoms with E-state index < -0.39 is 25.3 Å². The lowest BCUT2D eigenvalue weighted by molar-refractivity contribution is -0.125. The van der Waals surface area contributed by atoms with Gasteiger partial charge in [-0.3, -0.25) is 15.0 Å². The molecule has 10 nitrogen and oxygen atoms in total. The van der Waals surface area contributed by atoms with E-state index in [1.54, 1.807) is 109 Å². The Morgan fingerprint density at radius 2 is 1.29 bits per heavy atom. The van der Waals surface area contributed by atoms with E-state index in [1.807, 2.05) is 30.3 Å². The van der Waals surface area contributed by atoms with Crippen molar-refractivity contribution >= 4 is 25.2 Å². The van der Waals surface area contributed by atoms with E-state index in [-0.39, 0.29) is 23.2 Å². The maximum absolute atomic E-state index is 15.0. The van der Waals surface area contributed by atoms with Gasteiger partial charge in [-0.1, -0.05) is 84.9 Å². The fourth-order valence-corrected chi connectivity index (χ4v) is 7.47. The van der Waals surface area contributed by atoms with Crippen LogP contribution in [-0.2, 0) is 9.36 Å². The third-order valence-electron chi connectivity index (χ3n) is 7.96. The second-order valence-electron chi connectivity index (χ2n) is 11.4. The third kappa shape index (κ3) is 8.00. The Morgan fingerprint density at radius 1 is 0.735 bits per heavy atom. The number of benzene rings is 5. The minimum absolute atomic E-state index is 0.144. The second kappa shape index (κ2) is 14.9. The summed E-state index contributed by atoms with van der Waals surface area (Å²) >= 11 is 0. The maximum atomic E-state index is 15.0. The third-order valence-corrected chi connectivity index (χ3v) is 9.95. The number of nitrogens with one attached hydrogen (secondary N) is 2. The zero-order valence-electron chi connectivity index (χ0n) is 26.5. The molecule has 49 heavy (non-hydrogen) atoms. The molecule has 0 radical (unpaired) electrons. The summed E-state index contributed by atoms with van der Waals surface area (Å²) in [6.07, 6.45) is 0.998. The number of carbonyl (C=O) groups excluding carboxylic acids is 2. The molecule has 11 heteroatoms. The van der Waals surface area contributed by atoms with Gasteiger partial charge >= 0.3 is 7.60 Å². The molecule has 0 bridgehead atoms. The number of para-hydroxylation sites is 3. The lowest BCUT2D eigenvalue weighted by Gasteiger charge is -2.31. The second-order valence-corrected chi connectivity index (χ2v) is 13.4. The van der Waals surface area contributed by atoms with Crippen LogP contribution in [-0.4, -0.2) is 35.1 Å². The van der Waals surface area contributed by atoms with Gasteiger partial charge in [0.25, 0.3) is 5.91 Å². The van der Waals surface area contributed by atoms with Gasteiger partial charge in [0.05, 0.1) is 0 Å². The summed E-state index contributed by atoms with van der Waals surface area (Å²) in [6, 6.07) is 38.8. The minimum Gasteiger partial charge on any atom is -0.457 e. The average molecular weight is 675 g/mol. The molecule has 4 N–H and O–H groups in total. The van der Waals surface area contributed by atoms with Gasteiger partial charge in [-0.05, 0) is 73.0 Å². The standard InChI is InChI=1S/C38H35N4O6P/c39-35(40)27-21-23-28(24-22-27)37(49(45,47-31-15-6-2-7-16-31)48-32-17-8-3-9-18-32)41-36(43)34-20-11-25-42(34)38(44)29-12-10-19-33(26-29)46-30-13-4-1-5-14-30/h1-10,12-19,21-24,26,34,37H,11,20,25H2,(H3,39,40)(H,41,43)/t34-,37?/m0/s1. The van der Waals surface area contributed by atoms with Crippen molar-refractivity contribution in [3.05, 3.63) is 156 Å². The number of amides is 2. The first kappa shape index (κ1) is 33.1. The molecule has 2 amide bonds. The highest BCUT2D eigenvalue weighted by Gasteiger charge is 2.44. The zero-order valence-corrected chi connectivity index (χ0v) is 27.4. The summed E-state index contributed by atoms with van der Waals surface area (Å²) in [5, 5.41) is 10.8. The predicted octanol–water partition coefficient (Wildman–Crippen LogP) is 7.53. The van der Waals surface area contributed by atoms with Crippen molar-refractivity contribution in [2.24, 2.45) is 5.73 Å². The Balaban J connectivity index is 1.31. The Hall–Kier alpha value is -5.86. The van der Waals surface area contributed by atoms with Crippen LogP contribution in [0.15, 0.2) is 140 Å². The summed E-state index contributed by atoms with van der Waals surface area (Å²) < 4.78 is 33.2. The topological polar surface area (TPSA) is 144 Å². The van der Waals surface area contributed by atoms with Crippen LogP contribution in [0.3, 0.4) is 0 Å². The van der Waals surface area contributed by atoms with Crippen molar-refractivity contribution in [3.63, 3.8) is 0 Å². The predicted molar refractivity (Wildman–Crippen MR) is 187 cm³/mol. The number of amidine groups is 1. The molecule has 0 aliphatic carbocycles. The lowest BCUT2D eigenvalue weighted by Crippen LogP contribution is -2.47.